The standard InChI is InChI=1S/C19H17N3O3/c23-18(13-9-12-5-1-4-8-17(12)25-11-13)21-22-19(24)15-10-20-16-7-3-2-6-14(15)16/h1-8,10,13,20H,9,11H2,(H,21,23)(H,22,24). The minimum absolute atomic E-state index is 0.261. The van der Waals surface area contributed by atoms with E-state index < -0.39 is 0 Å². The zero-order valence-corrected chi connectivity index (χ0v) is 13.4. The molecule has 1 aliphatic rings. The molecule has 25 heavy (non-hydrogen) atoms. The summed E-state index contributed by atoms with van der Waals surface area (Å²) in [6.45, 7) is 0.297. The Morgan fingerprint density at radius 2 is 1.84 bits per heavy atom. The number of nitrogens with one attached hydrogen (secondary N) is 3. The second-order valence-electron chi connectivity index (χ2n) is 6.01. The summed E-state index contributed by atoms with van der Waals surface area (Å²) in [6.07, 6.45) is 2.22. The lowest BCUT2D eigenvalue weighted by molar-refractivity contribution is -0.127. The van der Waals surface area contributed by atoms with Crippen molar-refractivity contribution >= 4 is 22.7 Å². The lowest BCUT2D eigenvalue weighted by Crippen LogP contribution is -2.47. The van der Waals surface area contributed by atoms with E-state index in [1.807, 2.05) is 48.5 Å². The minimum Gasteiger partial charge on any atom is -0.492 e. The molecule has 4 rings (SSSR count). The molecule has 2 heterocycles. The monoisotopic (exact) mass is 335 g/mol. The van der Waals surface area contributed by atoms with Crippen LogP contribution in [0.4, 0.5) is 0 Å². The average Bonchev–Trinajstić information content (AvgIpc) is 3.09. The van der Waals surface area contributed by atoms with Crippen LogP contribution in [0.25, 0.3) is 10.9 Å². The number of para-hydroxylation sites is 2. The molecule has 3 aromatic rings. The number of hydrogen-bond acceptors (Lipinski definition) is 3. The van der Waals surface area contributed by atoms with E-state index in [2.05, 4.69) is 15.8 Å². The van der Waals surface area contributed by atoms with Gasteiger partial charge in [0.25, 0.3) is 5.91 Å². The van der Waals surface area contributed by atoms with Gasteiger partial charge in [0.1, 0.15) is 12.4 Å². The van der Waals surface area contributed by atoms with Gasteiger partial charge in [0.05, 0.1) is 11.5 Å². The Morgan fingerprint density at radius 3 is 2.76 bits per heavy atom. The number of aromatic nitrogens is 1. The predicted molar refractivity (Wildman–Crippen MR) is 93.0 cm³/mol. The number of fused-ring (bicyclic) bond motifs is 2. The third-order valence-corrected chi connectivity index (χ3v) is 4.38. The second-order valence-corrected chi connectivity index (χ2v) is 6.01. The third kappa shape index (κ3) is 2.94. The molecule has 0 saturated carbocycles. The van der Waals surface area contributed by atoms with Crippen LogP contribution in [0.3, 0.4) is 0 Å². The summed E-state index contributed by atoms with van der Waals surface area (Å²) >= 11 is 0. The molecule has 0 radical (unpaired) electrons. The zero-order chi connectivity index (χ0) is 17.2. The van der Waals surface area contributed by atoms with Crippen molar-refractivity contribution in [1.29, 1.82) is 0 Å². The summed E-state index contributed by atoms with van der Waals surface area (Å²) in [7, 11) is 0. The quantitative estimate of drug-likeness (QED) is 0.628. The number of carbonyl (C=O) groups excluding carboxylic acids is 2. The molecule has 6 heteroatoms. The highest BCUT2D eigenvalue weighted by atomic mass is 16.5. The minimum atomic E-state index is -0.358. The van der Waals surface area contributed by atoms with Gasteiger partial charge in [-0.25, -0.2) is 0 Å². The maximum absolute atomic E-state index is 12.3. The smallest absolute Gasteiger partial charge is 0.271 e. The van der Waals surface area contributed by atoms with Gasteiger partial charge in [-0.3, -0.25) is 20.4 Å². The third-order valence-electron chi connectivity index (χ3n) is 4.38. The predicted octanol–water partition coefficient (Wildman–Crippen LogP) is 2.18. The van der Waals surface area contributed by atoms with E-state index in [0.717, 1.165) is 22.2 Å². The Hall–Kier alpha value is -3.28. The largest absolute Gasteiger partial charge is 0.492 e. The maximum atomic E-state index is 12.3. The number of hydrogen-bond donors (Lipinski definition) is 3. The first-order chi connectivity index (χ1) is 12.2. The SMILES string of the molecule is O=C(NNC(=O)C1COc2ccccc2C1)c1c[nH]c2ccccc12. The van der Waals surface area contributed by atoms with Crippen LogP contribution in [0.1, 0.15) is 15.9 Å². The molecule has 0 aliphatic carbocycles. The van der Waals surface area contributed by atoms with Crippen molar-refractivity contribution in [3.63, 3.8) is 0 Å². The molecular formula is C19H17N3O3. The molecule has 1 unspecified atom stereocenters. The van der Waals surface area contributed by atoms with Gasteiger partial charge in [-0.2, -0.15) is 0 Å². The average molecular weight is 335 g/mol. The van der Waals surface area contributed by atoms with Gasteiger partial charge in [-0.15, -0.1) is 0 Å². The number of H-pyrrole nitrogens is 1. The highest BCUT2D eigenvalue weighted by Crippen LogP contribution is 2.26. The number of carbonyl (C=O) groups is 2. The topological polar surface area (TPSA) is 83.2 Å². The van der Waals surface area contributed by atoms with E-state index in [4.69, 9.17) is 4.74 Å². The molecule has 6 nitrogen and oxygen atoms in total. The lowest BCUT2D eigenvalue weighted by Gasteiger charge is -2.24. The Morgan fingerprint density at radius 1 is 1.04 bits per heavy atom. The Labute approximate surface area is 144 Å². The van der Waals surface area contributed by atoms with Crippen molar-refractivity contribution in [3.05, 3.63) is 65.9 Å². The van der Waals surface area contributed by atoms with Crippen LogP contribution in [0.2, 0.25) is 0 Å². The summed E-state index contributed by atoms with van der Waals surface area (Å²) in [5, 5.41) is 0.809. The van der Waals surface area contributed by atoms with Crippen molar-refractivity contribution < 1.29 is 14.3 Å². The number of rotatable bonds is 2. The molecule has 0 spiro atoms. The lowest BCUT2D eigenvalue weighted by atomic mass is 9.96. The van der Waals surface area contributed by atoms with Gasteiger partial charge < -0.3 is 9.72 Å². The van der Waals surface area contributed by atoms with Crippen LogP contribution in [0, 0.1) is 5.92 Å². The molecule has 1 aromatic heterocycles. The Balaban J connectivity index is 1.40. The fraction of sp³-hybridized carbons (Fsp3) is 0.158. The maximum Gasteiger partial charge on any atom is 0.271 e. The van der Waals surface area contributed by atoms with E-state index >= 15 is 0 Å². The fourth-order valence-corrected chi connectivity index (χ4v) is 3.04. The molecule has 126 valence electrons. The normalized spacial score (nSPS) is 15.9. The van der Waals surface area contributed by atoms with Crippen LogP contribution in [-0.2, 0) is 11.2 Å². The summed E-state index contributed by atoms with van der Waals surface area (Å²) in [6, 6.07) is 15.2. The molecule has 2 amide bonds. The summed E-state index contributed by atoms with van der Waals surface area (Å²) in [4.78, 5) is 27.7. The Kier molecular flexibility index (Phi) is 3.85. The molecule has 0 bridgehead atoms. The summed E-state index contributed by atoms with van der Waals surface area (Å²) in [5.41, 5.74) is 7.34. The van der Waals surface area contributed by atoms with Crippen LogP contribution in [0.5, 0.6) is 5.75 Å². The number of hydrazine groups is 1. The van der Waals surface area contributed by atoms with Crippen LogP contribution >= 0.6 is 0 Å². The van der Waals surface area contributed by atoms with Crippen LogP contribution < -0.4 is 15.6 Å². The van der Waals surface area contributed by atoms with E-state index in [1.165, 1.54) is 0 Å². The van der Waals surface area contributed by atoms with Gasteiger partial charge >= 0.3 is 0 Å². The zero-order valence-electron chi connectivity index (χ0n) is 13.4. The summed E-state index contributed by atoms with van der Waals surface area (Å²) < 4.78 is 5.62. The first-order valence-corrected chi connectivity index (χ1v) is 8.09. The number of benzene rings is 2. The highest BCUT2D eigenvalue weighted by molar-refractivity contribution is 6.07. The van der Waals surface area contributed by atoms with E-state index in [0.29, 0.717) is 18.6 Å². The molecule has 3 N–H and O–H groups in total. The molecule has 0 fully saturated rings. The second kappa shape index (κ2) is 6.32. The van der Waals surface area contributed by atoms with Crippen LogP contribution in [-0.4, -0.2) is 23.4 Å². The highest BCUT2D eigenvalue weighted by Gasteiger charge is 2.26. The fourth-order valence-electron chi connectivity index (χ4n) is 3.04. The van der Waals surface area contributed by atoms with Crippen LogP contribution in [0.15, 0.2) is 54.7 Å². The summed E-state index contributed by atoms with van der Waals surface area (Å²) in [5.74, 6) is -0.141. The van der Waals surface area contributed by atoms with Gasteiger partial charge in [-0.1, -0.05) is 36.4 Å². The van der Waals surface area contributed by atoms with Crippen molar-refractivity contribution in [2.24, 2.45) is 5.92 Å². The number of ether oxygens (including phenoxy) is 1. The van der Waals surface area contributed by atoms with Crippen molar-refractivity contribution in [2.75, 3.05) is 6.61 Å². The Bertz CT molecular complexity index is 948. The van der Waals surface area contributed by atoms with Crippen molar-refractivity contribution in [3.8, 4) is 5.75 Å². The number of amides is 2. The van der Waals surface area contributed by atoms with Gasteiger partial charge in [0.2, 0.25) is 5.91 Å². The molecule has 0 saturated heterocycles. The van der Waals surface area contributed by atoms with Gasteiger partial charge in [-0.05, 0) is 24.1 Å². The van der Waals surface area contributed by atoms with E-state index in [-0.39, 0.29) is 17.7 Å². The molecular weight excluding hydrogens is 318 g/mol. The van der Waals surface area contributed by atoms with Crippen molar-refractivity contribution in [1.82, 2.24) is 15.8 Å². The first kappa shape index (κ1) is 15.3. The van der Waals surface area contributed by atoms with E-state index in [9.17, 15) is 9.59 Å². The van der Waals surface area contributed by atoms with Gasteiger partial charge in [0.15, 0.2) is 0 Å². The number of aromatic amines is 1. The molecule has 1 aliphatic heterocycles. The molecule has 2 aromatic carbocycles. The van der Waals surface area contributed by atoms with E-state index in [1.54, 1.807) is 6.20 Å². The van der Waals surface area contributed by atoms with Gasteiger partial charge in [0, 0.05) is 17.1 Å². The first-order valence-electron chi connectivity index (χ1n) is 8.09. The van der Waals surface area contributed by atoms with Crippen molar-refractivity contribution in [2.45, 2.75) is 6.42 Å². The molecule has 1 atom stereocenters.